The SMILES string of the molecule is CC.COC(=O)c1cc(S(=O)(=O)O)c2ncccc2c1. The van der Waals surface area contributed by atoms with Crippen molar-refractivity contribution in [1.29, 1.82) is 0 Å². The fourth-order valence-electron chi connectivity index (χ4n) is 1.59. The number of aromatic nitrogens is 1. The van der Waals surface area contributed by atoms with Gasteiger partial charge < -0.3 is 4.74 Å². The molecule has 0 saturated carbocycles. The number of pyridine rings is 1. The maximum absolute atomic E-state index is 11.4. The highest BCUT2D eigenvalue weighted by Crippen LogP contribution is 2.23. The van der Waals surface area contributed by atoms with E-state index in [0.29, 0.717) is 5.39 Å². The van der Waals surface area contributed by atoms with Crippen LogP contribution in [0.5, 0.6) is 0 Å². The molecular formula is C13H15NO5S. The van der Waals surface area contributed by atoms with Crippen LogP contribution in [0, 0.1) is 0 Å². The van der Waals surface area contributed by atoms with E-state index in [1.54, 1.807) is 12.1 Å². The Hall–Kier alpha value is -1.99. The standard InChI is InChI=1S/C11H9NO5S.C2H6/c1-17-11(13)8-5-7-3-2-4-12-10(7)9(6-8)18(14,15)16;1-2/h2-6H,1H3,(H,14,15,16);1-2H3. The second-order valence-corrected chi connectivity index (χ2v) is 4.91. The van der Waals surface area contributed by atoms with Crippen molar-refractivity contribution in [3.05, 3.63) is 36.0 Å². The second-order valence-electron chi connectivity index (χ2n) is 3.52. The lowest BCUT2D eigenvalue weighted by Crippen LogP contribution is -2.06. The molecule has 2 rings (SSSR count). The van der Waals surface area contributed by atoms with Crippen molar-refractivity contribution in [2.75, 3.05) is 7.11 Å². The lowest BCUT2D eigenvalue weighted by Gasteiger charge is -2.06. The number of hydrogen-bond acceptors (Lipinski definition) is 5. The van der Waals surface area contributed by atoms with Crippen LogP contribution in [0.25, 0.3) is 10.9 Å². The van der Waals surface area contributed by atoms with Crippen molar-refractivity contribution in [3.8, 4) is 0 Å². The summed E-state index contributed by atoms with van der Waals surface area (Å²) in [6.07, 6.45) is 1.40. The summed E-state index contributed by atoms with van der Waals surface area (Å²) in [5.41, 5.74) is 0.137. The van der Waals surface area contributed by atoms with Crippen molar-refractivity contribution in [2.24, 2.45) is 0 Å². The quantitative estimate of drug-likeness (QED) is 0.675. The maximum atomic E-state index is 11.4. The number of methoxy groups -OCH3 is 1. The van der Waals surface area contributed by atoms with Crippen LogP contribution in [0.2, 0.25) is 0 Å². The largest absolute Gasteiger partial charge is 0.465 e. The topological polar surface area (TPSA) is 93.6 Å². The monoisotopic (exact) mass is 297 g/mol. The normalized spacial score (nSPS) is 10.6. The molecule has 0 radical (unpaired) electrons. The van der Waals surface area contributed by atoms with Crippen LogP contribution in [0.15, 0.2) is 35.4 Å². The van der Waals surface area contributed by atoms with Crippen molar-refractivity contribution in [2.45, 2.75) is 18.7 Å². The average Bonchev–Trinajstić information content (AvgIpc) is 2.46. The molecule has 0 fully saturated rings. The first kappa shape index (κ1) is 16.1. The number of ether oxygens (including phenoxy) is 1. The minimum Gasteiger partial charge on any atom is -0.465 e. The van der Waals surface area contributed by atoms with Crippen LogP contribution < -0.4 is 0 Å². The molecule has 1 N–H and O–H groups in total. The summed E-state index contributed by atoms with van der Waals surface area (Å²) in [5, 5.41) is 0.424. The number of carbonyl (C=O) groups excluding carboxylic acids is 1. The van der Waals surface area contributed by atoms with Gasteiger partial charge in [-0.1, -0.05) is 19.9 Å². The van der Waals surface area contributed by atoms with Gasteiger partial charge in [-0.05, 0) is 18.2 Å². The average molecular weight is 297 g/mol. The fraction of sp³-hybridized carbons (Fsp3) is 0.231. The van der Waals surface area contributed by atoms with Crippen LogP contribution in [0.4, 0.5) is 0 Å². The molecule has 0 aliphatic carbocycles. The number of rotatable bonds is 2. The molecular weight excluding hydrogens is 282 g/mol. The molecule has 0 saturated heterocycles. The Morgan fingerprint density at radius 1 is 1.30 bits per heavy atom. The van der Waals surface area contributed by atoms with Gasteiger partial charge in [-0.3, -0.25) is 9.54 Å². The lowest BCUT2D eigenvalue weighted by molar-refractivity contribution is 0.0600. The van der Waals surface area contributed by atoms with Gasteiger partial charge in [-0.15, -0.1) is 0 Å². The first-order valence-corrected chi connectivity index (χ1v) is 7.32. The number of esters is 1. The Morgan fingerprint density at radius 3 is 2.50 bits per heavy atom. The molecule has 6 nitrogen and oxygen atoms in total. The van der Waals surface area contributed by atoms with Gasteiger partial charge in [-0.25, -0.2) is 4.79 Å². The first-order valence-electron chi connectivity index (χ1n) is 5.88. The van der Waals surface area contributed by atoms with Gasteiger partial charge in [0.05, 0.1) is 18.2 Å². The lowest BCUT2D eigenvalue weighted by atomic mass is 10.1. The van der Waals surface area contributed by atoms with Crippen LogP contribution in [0.3, 0.4) is 0 Å². The van der Waals surface area contributed by atoms with Gasteiger partial charge in [0.2, 0.25) is 0 Å². The Kier molecular flexibility index (Phi) is 5.18. The Balaban J connectivity index is 0.000000956. The summed E-state index contributed by atoms with van der Waals surface area (Å²) in [6, 6.07) is 5.67. The third-order valence-corrected chi connectivity index (χ3v) is 3.24. The van der Waals surface area contributed by atoms with Crippen LogP contribution in [-0.2, 0) is 14.9 Å². The van der Waals surface area contributed by atoms with E-state index in [9.17, 15) is 13.2 Å². The van der Waals surface area contributed by atoms with E-state index < -0.39 is 21.0 Å². The highest BCUT2D eigenvalue weighted by molar-refractivity contribution is 7.86. The van der Waals surface area contributed by atoms with Crippen molar-refractivity contribution >= 4 is 27.0 Å². The fourth-order valence-corrected chi connectivity index (χ4v) is 2.28. The Labute approximate surface area is 117 Å². The zero-order chi connectivity index (χ0) is 15.3. The summed E-state index contributed by atoms with van der Waals surface area (Å²) in [7, 11) is -3.28. The van der Waals surface area contributed by atoms with Crippen LogP contribution in [-0.4, -0.2) is 31.0 Å². The van der Waals surface area contributed by atoms with E-state index in [1.165, 1.54) is 19.4 Å². The molecule has 0 aliphatic heterocycles. The second kappa shape index (κ2) is 6.44. The van der Waals surface area contributed by atoms with Crippen molar-refractivity contribution < 1.29 is 22.5 Å². The molecule has 20 heavy (non-hydrogen) atoms. The van der Waals surface area contributed by atoms with Gasteiger partial charge in [-0.2, -0.15) is 8.42 Å². The third-order valence-electron chi connectivity index (χ3n) is 2.37. The van der Waals surface area contributed by atoms with Crippen LogP contribution >= 0.6 is 0 Å². The zero-order valence-electron chi connectivity index (χ0n) is 11.3. The first-order chi connectivity index (χ1) is 9.43. The predicted molar refractivity (Wildman–Crippen MR) is 74.2 cm³/mol. The van der Waals surface area contributed by atoms with Crippen molar-refractivity contribution in [3.63, 3.8) is 0 Å². The highest BCUT2D eigenvalue weighted by Gasteiger charge is 2.19. The molecule has 0 amide bonds. The molecule has 1 aromatic heterocycles. The summed E-state index contributed by atoms with van der Waals surface area (Å²) in [4.78, 5) is 14.9. The number of benzene rings is 1. The maximum Gasteiger partial charge on any atom is 0.337 e. The van der Waals surface area contributed by atoms with E-state index in [0.717, 1.165) is 6.07 Å². The molecule has 2 aromatic rings. The zero-order valence-corrected chi connectivity index (χ0v) is 12.1. The van der Waals surface area contributed by atoms with Gasteiger partial charge in [0.15, 0.2) is 0 Å². The van der Waals surface area contributed by atoms with E-state index in [4.69, 9.17) is 4.55 Å². The molecule has 0 unspecified atom stereocenters. The van der Waals surface area contributed by atoms with Crippen molar-refractivity contribution in [1.82, 2.24) is 4.98 Å². The Bertz CT molecular complexity index is 725. The molecule has 0 atom stereocenters. The smallest absolute Gasteiger partial charge is 0.337 e. The Morgan fingerprint density at radius 2 is 1.95 bits per heavy atom. The predicted octanol–water partition coefficient (Wildman–Crippen LogP) is 2.29. The van der Waals surface area contributed by atoms with Crippen LogP contribution in [0.1, 0.15) is 24.2 Å². The van der Waals surface area contributed by atoms with Gasteiger partial charge >= 0.3 is 5.97 Å². The summed E-state index contributed by atoms with van der Waals surface area (Å²) in [5.74, 6) is -0.689. The molecule has 0 aliphatic rings. The summed E-state index contributed by atoms with van der Waals surface area (Å²) < 4.78 is 36.2. The molecule has 7 heteroatoms. The molecule has 1 aromatic carbocycles. The third kappa shape index (κ3) is 3.31. The summed E-state index contributed by atoms with van der Waals surface area (Å²) in [6.45, 7) is 4.00. The van der Waals surface area contributed by atoms with Gasteiger partial charge in [0, 0.05) is 11.6 Å². The number of hydrogen-bond donors (Lipinski definition) is 1. The molecule has 0 spiro atoms. The molecule has 108 valence electrons. The highest BCUT2D eigenvalue weighted by atomic mass is 32.2. The minimum atomic E-state index is -4.46. The molecule has 0 bridgehead atoms. The number of carbonyl (C=O) groups is 1. The summed E-state index contributed by atoms with van der Waals surface area (Å²) >= 11 is 0. The van der Waals surface area contributed by atoms with E-state index in [2.05, 4.69) is 9.72 Å². The molecule has 1 heterocycles. The van der Waals surface area contributed by atoms with E-state index >= 15 is 0 Å². The number of fused-ring (bicyclic) bond motifs is 1. The van der Waals surface area contributed by atoms with E-state index in [-0.39, 0.29) is 11.1 Å². The minimum absolute atomic E-state index is 0.0330. The van der Waals surface area contributed by atoms with Gasteiger partial charge in [0.1, 0.15) is 4.90 Å². The number of nitrogens with zero attached hydrogens (tertiary/aromatic N) is 1. The van der Waals surface area contributed by atoms with E-state index in [1.807, 2.05) is 13.8 Å². The van der Waals surface area contributed by atoms with Gasteiger partial charge in [0.25, 0.3) is 10.1 Å².